The summed E-state index contributed by atoms with van der Waals surface area (Å²) in [6, 6.07) is 36.0. The summed E-state index contributed by atoms with van der Waals surface area (Å²) in [5.74, 6) is 0.882. The topological polar surface area (TPSA) is 31.0 Å². The van der Waals surface area contributed by atoms with Gasteiger partial charge in [0.05, 0.1) is 16.6 Å². The Labute approximate surface area is 190 Å². The minimum absolute atomic E-state index is 0.867. The number of hydrogen-bond acceptors (Lipinski definition) is 2. The van der Waals surface area contributed by atoms with Crippen LogP contribution in [0.15, 0.2) is 108 Å². The van der Waals surface area contributed by atoms with Crippen LogP contribution in [0.2, 0.25) is 0 Å². The molecule has 0 radical (unpaired) electrons. The van der Waals surface area contributed by atoms with Crippen molar-refractivity contribution in [3.63, 3.8) is 0 Å². The molecule has 0 atom stereocenters. The lowest BCUT2D eigenvalue weighted by Crippen LogP contribution is -1.98. The van der Waals surface area contributed by atoms with E-state index in [0.717, 1.165) is 50.0 Å². The molecule has 0 unspecified atom stereocenters. The van der Waals surface area contributed by atoms with E-state index >= 15 is 0 Å². The third-order valence-corrected chi connectivity index (χ3v) is 6.44. The molecular weight excluding hydrogens is 404 g/mol. The van der Waals surface area contributed by atoms with E-state index in [1.54, 1.807) is 0 Å². The number of aryl methyl sites for hydroxylation is 1. The molecule has 7 aromatic rings. The third-order valence-electron chi connectivity index (χ3n) is 6.44. The van der Waals surface area contributed by atoms with Crippen LogP contribution in [0.4, 0.5) is 0 Å². The standard InChI is InChI=1S/C30H20N2O/c1-19-13-14-21-18-22(16-15-20(21)17-19)32-27-11-4-3-10-26(27)31-30(32)25-9-6-8-24-23-7-2-5-12-28(23)33-29(24)25/h2-18H,1H3. The number of rotatable bonds is 2. The van der Waals surface area contributed by atoms with Crippen LogP contribution < -0.4 is 0 Å². The number of furan rings is 1. The van der Waals surface area contributed by atoms with Crippen LogP contribution in [0.1, 0.15) is 5.56 Å². The summed E-state index contributed by atoms with van der Waals surface area (Å²) in [5.41, 5.74) is 7.14. The zero-order chi connectivity index (χ0) is 21.9. The SMILES string of the molecule is Cc1ccc2cc(-n3c(-c4cccc5c4oc4ccccc45)nc4ccccc43)ccc2c1. The highest BCUT2D eigenvalue weighted by Crippen LogP contribution is 2.38. The van der Waals surface area contributed by atoms with Crippen LogP contribution in [0.3, 0.4) is 0 Å². The highest BCUT2D eigenvalue weighted by atomic mass is 16.3. The van der Waals surface area contributed by atoms with Crippen LogP contribution in [-0.4, -0.2) is 9.55 Å². The minimum atomic E-state index is 0.867. The number of hydrogen-bond donors (Lipinski definition) is 0. The average molecular weight is 425 g/mol. The number of benzene rings is 5. The highest BCUT2D eigenvalue weighted by molar-refractivity contribution is 6.09. The van der Waals surface area contributed by atoms with Gasteiger partial charge in [0.2, 0.25) is 0 Å². The summed E-state index contributed by atoms with van der Waals surface area (Å²) < 4.78 is 8.60. The fourth-order valence-corrected chi connectivity index (χ4v) is 4.88. The van der Waals surface area contributed by atoms with Gasteiger partial charge in [0, 0.05) is 16.5 Å². The van der Waals surface area contributed by atoms with Crippen molar-refractivity contribution in [2.75, 3.05) is 0 Å². The van der Waals surface area contributed by atoms with Gasteiger partial charge in [0.25, 0.3) is 0 Å². The second-order valence-electron chi connectivity index (χ2n) is 8.57. The Morgan fingerprint density at radius 3 is 2.45 bits per heavy atom. The molecule has 5 aromatic carbocycles. The zero-order valence-corrected chi connectivity index (χ0v) is 18.1. The monoisotopic (exact) mass is 424 g/mol. The second kappa shape index (κ2) is 6.81. The van der Waals surface area contributed by atoms with Crippen molar-refractivity contribution in [2.24, 2.45) is 0 Å². The first-order valence-corrected chi connectivity index (χ1v) is 11.2. The van der Waals surface area contributed by atoms with E-state index in [-0.39, 0.29) is 0 Å². The first-order chi connectivity index (χ1) is 16.3. The molecule has 2 aromatic heterocycles. The largest absolute Gasteiger partial charge is 0.455 e. The Morgan fingerprint density at radius 1 is 0.697 bits per heavy atom. The molecule has 0 saturated heterocycles. The van der Waals surface area contributed by atoms with E-state index in [2.05, 4.69) is 96.4 Å². The van der Waals surface area contributed by atoms with Gasteiger partial charge in [-0.15, -0.1) is 0 Å². The van der Waals surface area contributed by atoms with Crippen LogP contribution in [0.25, 0.3) is 60.8 Å². The molecule has 156 valence electrons. The van der Waals surface area contributed by atoms with Gasteiger partial charge in [-0.1, -0.05) is 72.3 Å². The lowest BCUT2D eigenvalue weighted by atomic mass is 10.1. The Kier molecular flexibility index (Phi) is 3.76. The van der Waals surface area contributed by atoms with E-state index in [0.29, 0.717) is 0 Å². The lowest BCUT2D eigenvalue weighted by Gasteiger charge is -2.11. The van der Waals surface area contributed by atoms with Gasteiger partial charge in [-0.05, 0) is 54.1 Å². The number of fused-ring (bicyclic) bond motifs is 5. The fourth-order valence-electron chi connectivity index (χ4n) is 4.88. The summed E-state index contributed by atoms with van der Waals surface area (Å²) in [6.45, 7) is 2.13. The van der Waals surface area contributed by atoms with Gasteiger partial charge in [-0.3, -0.25) is 4.57 Å². The fraction of sp³-hybridized carbons (Fsp3) is 0.0333. The van der Waals surface area contributed by atoms with Gasteiger partial charge in [-0.2, -0.15) is 0 Å². The normalized spacial score (nSPS) is 11.8. The number of aromatic nitrogens is 2. The van der Waals surface area contributed by atoms with Gasteiger partial charge in [-0.25, -0.2) is 4.98 Å². The van der Waals surface area contributed by atoms with Crippen molar-refractivity contribution in [3.05, 3.63) is 109 Å². The molecule has 0 N–H and O–H groups in total. The van der Waals surface area contributed by atoms with Crippen molar-refractivity contribution >= 4 is 43.7 Å². The van der Waals surface area contributed by atoms with E-state index in [4.69, 9.17) is 9.40 Å². The molecule has 2 heterocycles. The first-order valence-electron chi connectivity index (χ1n) is 11.2. The number of nitrogens with zero attached hydrogens (tertiary/aromatic N) is 2. The maximum atomic E-state index is 6.35. The van der Waals surface area contributed by atoms with Gasteiger partial charge in [0.1, 0.15) is 17.0 Å². The molecule has 0 bridgehead atoms. The summed E-state index contributed by atoms with van der Waals surface area (Å²) in [7, 11) is 0. The molecule has 3 heteroatoms. The van der Waals surface area contributed by atoms with Crippen molar-refractivity contribution in [1.82, 2.24) is 9.55 Å². The second-order valence-corrected chi connectivity index (χ2v) is 8.57. The molecular formula is C30H20N2O. The van der Waals surface area contributed by atoms with Crippen LogP contribution in [-0.2, 0) is 0 Å². The molecule has 7 rings (SSSR count). The average Bonchev–Trinajstić information content (AvgIpc) is 3.42. The van der Waals surface area contributed by atoms with Crippen LogP contribution >= 0.6 is 0 Å². The molecule has 0 fully saturated rings. The summed E-state index contributed by atoms with van der Waals surface area (Å²) >= 11 is 0. The zero-order valence-electron chi connectivity index (χ0n) is 18.1. The Hall–Kier alpha value is -4.37. The molecule has 0 aliphatic carbocycles. The smallest absolute Gasteiger partial charge is 0.149 e. The summed E-state index contributed by atoms with van der Waals surface area (Å²) in [4.78, 5) is 5.08. The Morgan fingerprint density at radius 2 is 1.48 bits per heavy atom. The molecule has 0 aliphatic heterocycles. The number of para-hydroxylation sites is 4. The Balaban J connectivity index is 1.56. The predicted octanol–water partition coefficient (Wildman–Crippen LogP) is 8.05. The van der Waals surface area contributed by atoms with Gasteiger partial charge >= 0.3 is 0 Å². The van der Waals surface area contributed by atoms with Crippen molar-refractivity contribution in [3.8, 4) is 17.1 Å². The molecule has 0 aliphatic rings. The maximum Gasteiger partial charge on any atom is 0.149 e. The lowest BCUT2D eigenvalue weighted by molar-refractivity contribution is 0.669. The molecule has 0 saturated carbocycles. The van der Waals surface area contributed by atoms with E-state index in [1.165, 1.54) is 16.3 Å². The molecule has 3 nitrogen and oxygen atoms in total. The minimum Gasteiger partial charge on any atom is -0.455 e. The van der Waals surface area contributed by atoms with Crippen molar-refractivity contribution < 1.29 is 4.42 Å². The maximum absolute atomic E-state index is 6.35. The molecule has 0 amide bonds. The first kappa shape index (κ1) is 18.2. The van der Waals surface area contributed by atoms with Crippen molar-refractivity contribution in [2.45, 2.75) is 6.92 Å². The van der Waals surface area contributed by atoms with Crippen molar-refractivity contribution in [1.29, 1.82) is 0 Å². The number of imidazole rings is 1. The predicted molar refractivity (Wildman–Crippen MR) is 136 cm³/mol. The quantitative estimate of drug-likeness (QED) is 0.281. The summed E-state index contributed by atoms with van der Waals surface area (Å²) in [6.07, 6.45) is 0. The van der Waals surface area contributed by atoms with E-state index in [1.807, 2.05) is 18.2 Å². The highest BCUT2D eigenvalue weighted by Gasteiger charge is 2.19. The van der Waals surface area contributed by atoms with Crippen LogP contribution in [0.5, 0.6) is 0 Å². The van der Waals surface area contributed by atoms with Gasteiger partial charge < -0.3 is 4.42 Å². The Bertz CT molecular complexity index is 1840. The third kappa shape index (κ3) is 2.72. The van der Waals surface area contributed by atoms with E-state index < -0.39 is 0 Å². The summed E-state index contributed by atoms with van der Waals surface area (Å²) in [5, 5.41) is 4.68. The van der Waals surface area contributed by atoms with Gasteiger partial charge in [0.15, 0.2) is 0 Å². The molecule has 0 spiro atoms. The van der Waals surface area contributed by atoms with E-state index in [9.17, 15) is 0 Å². The van der Waals surface area contributed by atoms with Crippen LogP contribution in [0, 0.1) is 6.92 Å². The molecule has 33 heavy (non-hydrogen) atoms.